The summed E-state index contributed by atoms with van der Waals surface area (Å²) in [5.74, 6) is 0.901. The Kier molecular flexibility index (Phi) is 4.00. The van der Waals surface area contributed by atoms with E-state index < -0.39 is 0 Å². The van der Waals surface area contributed by atoms with E-state index in [-0.39, 0.29) is 0 Å². The maximum atomic E-state index is 5.29. The van der Waals surface area contributed by atoms with Crippen molar-refractivity contribution >= 4 is 0 Å². The molecule has 0 radical (unpaired) electrons. The summed E-state index contributed by atoms with van der Waals surface area (Å²) < 4.78 is 5.29. The first-order valence-corrected chi connectivity index (χ1v) is 6.13. The van der Waals surface area contributed by atoms with E-state index in [9.17, 15) is 0 Å². The lowest BCUT2D eigenvalue weighted by Crippen LogP contribution is -2.07. The largest absolute Gasteiger partial charge is 0.497 e. The lowest BCUT2D eigenvalue weighted by molar-refractivity contribution is 0.414. The highest BCUT2D eigenvalue weighted by Crippen LogP contribution is 2.29. The summed E-state index contributed by atoms with van der Waals surface area (Å²) in [5.41, 5.74) is 5.10. The van der Waals surface area contributed by atoms with Gasteiger partial charge in [-0.05, 0) is 48.4 Å². The number of hydrogen-bond acceptors (Lipinski definition) is 2. The SMILES string of the molecule is CNCc1cc(OC)ccc1-c1ccccc1C. The molecule has 18 heavy (non-hydrogen) atoms. The van der Waals surface area contributed by atoms with E-state index in [0.717, 1.165) is 12.3 Å². The van der Waals surface area contributed by atoms with Crippen molar-refractivity contribution in [2.45, 2.75) is 13.5 Å². The molecule has 2 heteroatoms. The standard InChI is InChI=1S/C16H19NO/c1-12-6-4-5-7-15(12)16-9-8-14(18-3)10-13(16)11-17-2/h4-10,17H,11H2,1-3H3. The molecule has 0 aliphatic heterocycles. The monoisotopic (exact) mass is 241 g/mol. The fraction of sp³-hybridized carbons (Fsp3) is 0.250. The van der Waals surface area contributed by atoms with Crippen LogP contribution in [0.2, 0.25) is 0 Å². The molecule has 0 aromatic heterocycles. The highest BCUT2D eigenvalue weighted by atomic mass is 16.5. The van der Waals surface area contributed by atoms with Gasteiger partial charge in [-0.15, -0.1) is 0 Å². The van der Waals surface area contributed by atoms with Gasteiger partial charge in [0.05, 0.1) is 7.11 Å². The van der Waals surface area contributed by atoms with Crippen LogP contribution < -0.4 is 10.1 Å². The van der Waals surface area contributed by atoms with Gasteiger partial charge in [-0.3, -0.25) is 0 Å². The molecule has 2 aromatic carbocycles. The molecule has 0 aliphatic carbocycles. The number of rotatable bonds is 4. The molecule has 0 aliphatic rings. The van der Waals surface area contributed by atoms with Gasteiger partial charge in [0, 0.05) is 6.54 Å². The molecule has 0 saturated carbocycles. The van der Waals surface area contributed by atoms with Crippen molar-refractivity contribution < 1.29 is 4.74 Å². The smallest absolute Gasteiger partial charge is 0.119 e. The molecule has 0 amide bonds. The normalized spacial score (nSPS) is 10.4. The molecule has 0 heterocycles. The van der Waals surface area contributed by atoms with E-state index in [1.807, 2.05) is 13.1 Å². The van der Waals surface area contributed by atoms with Gasteiger partial charge in [-0.2, -0.15) is 0 Å². The third-order valence-electron chi connectivity index (χ3n) is 3.11. The van der Waals surface area contributed by atoms with Crippen LogP contribution in [0, 0.1) is 6.92 Å². The Hall–Kier alpha value is -1.80. The average molecular weight is 241 g/mol. The molecular weight excluding hydrogens is 222 g/mol. The number of benzene rings is 2. The fourth-order valence-corrected chi connectivity index (χ4v) is 2.17. The Morgan fingerprint density at radius 2 is 1.83 bits per heavy atom. The van der Waals surface area contributed by atoms with Gasteiger partial charge >= 0.3 is 0 Å². The lowest BCUT2D eigenvalue weighted by Gasteiger charge is -2.13. The van der Waals surface area contributed by atoms with Gasteiger partial charge in [0.1, 0.15) is 5.75 Å². The van der Waals surface area contributed by atoms with Crippen LogP contribution in [-0.2, 0) is 6.54 Å². The minimum atomic E-state index is 0.834. The van der Waals surface area contributed by atoms with E-state index in [1.54, 1.807) is 7.11 Å². The van der Waals surface area contributed by atoms with Crippen LogP contribution in [0.4, 0.5) is 0 Å². The summed E-state index contributed by atoms with van der Waals surface area (Å²) >= 11 is 0. The first-order chi connectivity index (χ1) is 8.76. The van der Waals surface area contributed by atoms with E-state index in [1.165, 1.54) is 22.3 Å². The van der Waals surface area contributed by atoms with Crippen molar-refractivity contribution in [3.63, 3.8) is 0 Å². The summed E-state index contributed by atoms with van der Waals surface area (Å²) in [6.07, 6.45) is 0. The second-order valence-corrected chi connectivity index (χ2v) is 4.37. The van der Waals surface area contributed by atoms with E-state index in [4.69, 9.17) is 4.74 Å². The van der Waals surface area contributed by atoms with Gasteiger partial charge < -0.3 is 10.1 Å². The Balaban J connectivity index is 2.53. The summed E-state index contributed by atoms with van der Waals surface area (Å²) in [6, 6.07) is 14.7. The fourth-order valence-electron chi connectivity index (χ4n) is 2.17. The Labute approximate surface area is 109 Å². The Bertz CT molecular complexity index is 534. The van der Waals surface area contributed by atoms with Crippen molar-refractivity contribution in [3.8, 4) is 16.9 Å². The minimum absolute atomic E-state index is 0.834. The summed E-state index contributed by atoms with van der Waals surface area (Å²) in [7, 11) is 3.66. The van der Waals surface area contributed by atoms with Crippen LogP contribution in [0.5, 0.6) is 5.75 Å². The summed E-state index contributed by atoms with van der Waals surface area (Å²) in [5, 5.41) is 3.21. The van der Waals surface area contributed by atoms with E-state index in [0.29, 0.717) is 0 Å². The predicted molar refractivity (Wildman–Crippen MR) is 75.9 cm³/mol. The van der Waals surface area contributed by atoms with Crippen LogP contribution >= 0.6 is 0 Å². The lowest BCUT2D eigenvalue weighted by atomic mass is 9.96. The van der Waals surface area contributed by atoms with Gasteiger partial charge in [0.15, 0.2) is 0 Å². The molecule has 0 unspecified atom stereocenters. The van der Waals surface area contributed by atoms with Crippen LogP contribution in [0.1, 0.15) is 11.1 Å². The number of nitrogens with one attached hydrogen (secondary N) is 1. The maximum absolute atomic E-state index is 5.29. The highest BCUT2D eigenvalue weighted by Gasteiger charge is 2.08. The molecule has 0 spiro atoms. The average Bonchev–Trinajstić information content (AvgIpc) is 2.40. The maximum Gasteiger partial charge on any atom is 0.119 e. The molecule has 0 atom stereocenters. The Morgan fingerprint density at radius 1 is 1.06 bits per heavy atom. The van der Waals surface area contributed by atoms with Crippen LogP contribution in [0.3, 0.4) is 0 Å². The van der Waals surface area contributed by atoms with Crippen molar-refractivity contribution in [2.75, 3.05) is 14.2 Å². The Morgan fingerprint density at radius 3 is 2.50 bits per heavy atom. The molecule has 1 N–H and O–H groups in total. The quantitative estimate of drug-likeness (QED) is 0.886. The van der Waals surface area contributed by atoms with Crippen molar-refractivity contribution in [1.82, 2.24) is 5.32 Å². The third-order valence-corrected chi connectivity index (χ3v) is 3.11. The molecule has 0 bridgehead atoms. The van der Waals surface area contributed by atoms with Crippen molar-refractivity contribution in [1.29, 1.82) is 0 Å². The zero-order chi connectivity index (χ0) is 13.0. The van der Waals surface area contributed by atoms with Crippen LogP contribution in [0.15, 0.2) is 42.5 Å². The van der Waals surface area contributed by atoms with E-state index in [2.05, 4.69) is 48.6 Å². The van der Waals surface area contributed by atoms with Gasteiger partial charge in [0.2, 0.25) is 0 Å². The number of ether oxygens (including phenoxy) is 1. The van der Waals surface area contributed by atoms with Gasteiger partial charge in [-0.1, -0.05) is 30.3 Å². The molecule has 2 nitrogen and oxygen atoms in total. The minimum Gasteiger partial charge on any atom is -0.497 e. The molecule has 2 rings (SSSR count). The number of hydrogen-bond donors (Lipinski definition) is 1. The van der Waals surface area contributed by atoms with Crippen molar-refractivity contribution in [3.05, 3.63) is 53.6 Å². The second kappa shape index (κ2) is 5.69. The first-order valence-electron chi connectivity index (χ1n) is 6.13. The molecule has 94 valence electrons. The van der Waals surface area contributed by atoms with Gasteiger partial charge in [-0.25, -0.2) is 0 Å². The highest BCUT2D eigenvalue weighted by molar-refractivity contribution is 5.71. The predicted octanol–water partition coefficient (Wildman–Crippen LogP) is 3.39. The van der Waals surface area contributed by atoms with Crippen molar-refractivity contribution in [2.24, 2.45) is 0 Å². The number of methoxy groups -OCH3 is 1. The molecule has 0 fully saturated rings. The van der Waals surface area contributed by atoms with Gasteiger partial charge in [0.25, 0.3) is 0 Å². The molecular formula is C16H19NO. The zero-order valence-electron chi connectivity index (χ0n) is 11.2. The molecule has 2 aromatic rings. The summed E-state index contributed by atoms with van der Waals surface area (Å²) in [6.45, 7) is 2.98. The summed E-state index contributed by atoms with van der Waals surface area (Å²) in [4.78, 5) is 0. The van der Waals surface area contributed by atoms with Crippen LogP contribution in [-0.4, -0.2) is 14.2 Å². The van der Waals surface area contributed by atoms with E-state index >= 15 is 0 Å². The topological polar surface area (TPSA) is 21.3 Å². The second-order valence-electron chi connectivity index (χ2n) is 4.37. The molecule has 0 saturated heterocycles. The zero-order valence-corrected chi connectivity index (χ0v) is 11.2. The number of aryl methyl sites for hydroxylation is 1. The third kappa shape index (κ3) is 2.54. The first kappa shape index (κ1) is 12.7. The van der Waals surface area contributed by atoms with Crippen LogP contribution in [0.25, 0.3) is 11.1 Å².